The van der Waals surface area contributed by atoms with Crippen molar-refractivity contribution in [2.75, 3.05) is 28.4 Å². The Balaban J connectivity index is 0.000000257. The Kier molecular flexibility index (Phi) is 11.9. The minimum absolute atomic E-state index is 0.0314. The van der Waals surface area contributed by atoms with Crippen LogP contribution < -0.4 is 20.4 Å². The third-order valence-corrected chi connectivity index (χ3v) is 8.49. The second-order valence-electron chi connectivity index (χ2n) is 12.0. The number of Topliss-reactive ketones (excluding diaryl/α,β-unsaturated/α-hetero) is 1. The van der Waals surface area contributed by atoms with Crippen molar-refractivity contribution in [1.29, 1.82) is 0 Å². The molecule has 0 aromatic heterocycles. The summed E-state index contributed by atoms with van der Waals surface area (Å²) in [6.07, 6.45) is 0.563. The first kappa shape index (κ1) is 36.1. The van der Waals surface area contributed by atoms with Crippen LogP contribution in [0.25, 0.3) is 0 Å². The number of rotatable bonds is 10. The predicted molar refractivity (Wildman–Crippen MR) is 169 cm³/mol. The van der Waals surface area contributed by atoms with E-state index in [1.165, 1.54) is 14.2 Å². The van der Waals surface area contributed by atoms with Gasteiger partial charge in [0.1, 0.15) is 11.5 Å². The summed E-state index contributed by atoms with van der Waals surface area (Å²) in [5, 5.41) is 9.92. The molecule has 0 aliphatic carbocycles. The van der Waals surface area contributed by atoms with E-state index < -0.39 is 31.4 Å². The number of hydrogen-bond acceptors (Lipinski definition) is 11. The Labute approximate surface area is 266 Å². The lowest BCUT2D eigenvalue weighted by molar-refractivity contribution is -0.141. The van der Waals surface area contributed by atoms with Crippen molar-refractivity contribution in [2.24, 2.45) is 0 Å². The summed E-state index contributed by atoms with van der Waals surface area (Å²) in [5.74, 6) is 0.462. The van der Waals surface area contributed by atoms with Crippen molar-refractivity contribution >= 4 is 42.9 Å². The van der Waals surface area contributed by atoms with E-state index in [0.29, 0.717) is 34.4 Å². The normalized spacial score (nSPS) is 17.6. The van der Waals surface area contributed by atoms with Crippen LogP contribution >= 0.6 is 0 Å². The molecule has 11 nitrogen and oxygen atoms in total. The molecule has 45 heavy (non-hydrogen) atoms. The predicted octanol–water partition coefficient (Wildman–Crippen LogP) is 3.15. The molecule has 244 valence electrons. The number of ketones is 1. The molecule has 0 spiro atoms. The summed E-state index contributed by atoms with van der Waals surface area (Å²) in [4.78, 5) is 35.4. The van der Waals surface area contributed by atoms with Crippen LogP contribution in [0, 0.1) is 13.8 Å². The van der Waals surface area contributed by atoms with Crippen molar-refractivity contribution in [3.8, 4) is 11.5 Å². The van der Waals surface area contributed by atoms with E-state index in [9.17, 15) is 19.4 Å². The van der Waals surface area contributed by atoms with Gasteiger partial charge in [0.15, 0.2) is 5.78 Å². The van der Waals surface area contributed by atoms with Gasteiger partial charge < -0.3 is 37.9 Å². The lowest BCUT2D eigenvalue weighted by atomic mass is 9.73. The molecule has 2 aromatic carbocycles. The minimum Gasteiger partial charge on any atom is -0.497 e. The molecule has 1 N–H and O–H groups in total. The maximum absolute atomic E-state index is 12.8. The Morgan fingerprint density at radius 3 is 1.82 bits per heavy atom. The van der Waals surface area contributed by atoms with Crippen LogP contribution in [-0.4, -0.2) is 76.6 Å². The summed E-state index contributed by atoms with van der Waals surface area (Å²) in [5.41, 5.74) is 3.47. The second kappa shape index (κ2) is 14.8. The first-order valence-corrected chi connectivity index (χ1v) is 14.8. The Bertz CT molecular complexity index is 1390. The van der Waals surface area contributed by atoms with Crippen LogP contribution in [0.4, 0.5) is 0 Å². The van der Waals surface area contributed by atoms with Crippen molar-refractivity contribution in [1.82, 2.24) is 0 Å². The van der Waals surface area contributed by atoms with Gasteiger partial charge in [-0.3, -0.25) is 14.4 Å². The summed E-state index contributed by atoms with van der Waals surface area (Å²) >= 11 is 0. The summed E-state index contributed by atoms with van der Waals surface area (Å²) < 4.78 is 37.5. The highest BCUT2D eigenvalue weighted by atomic mass is 16.7. The number of carbonyl (C=O) groups excluding carboxylic acids is 3. The largest absolute Gasteiger partial charge is 0.497 e. The SMILES string of the molecule is COC(=O)CCC(=O)c1c(C)cc(OC)cc1B1OC(C)(C)C(C)(C)O1.COC(=O)CCC1OB(O)c2cc(OC)cc(C)c21. The van der Waals surface area contributed by atoms with E-state index in [4.69, 9.17) is 23.4 Å². The van der Waals surface area contributed by atoms with Crippen LogP contribution in [-0.2, 0) is 33.0 Å². The molecular formula is C32H44B2O11. The van der Waals surface area contributed by atoms with Crippen molar-refractivity contribution < 1.29 is 52.3 Å². The molecule has 13 heteroatoms. The van der Waals surface area contributed by atoms with Gasteiger partial charge in [-0.2, -0.15) is 0 Å². The highest BCUT2D eigenvalue weighted by Gasteiger charge is 2.52. The first-order valence-electron chi connectivity index (χ1n) is 14.8. The average Bonchev–Trinajstić information content (AvgIpc) is 3.44. The van der Waals surface area contributed by atoms with Crippen LogP contribution in [0.15, 0.2) is 24.3 Å². The molecule has 1 unspecified atom stereocenters. The van der Waals surface area contributed by atoms with Crippen LogP contribution in [0.2, 0.25) is 0 Å². The topological polar surface area (TPSA) is 136 Å². The molecule has 0 amide bonds. The lowest BCUT2D eigenvalue weighted by Gasteiger charge is -2.32. The summed E-state index contributed by atoms with van der Waals surface area (Å²) in [6, 6.07) is 7.22. The molecule has 0 bridgehead atoms. The fraction of sp³-hybridized carbons (Fsp3) is 0.531. The smallest absolute Gasteiger partial charge is 0.495 e. The molecule has 2 aliphatic heterocycles. The van der Waals surface area contributed by atoms with Crippen molar-refractivity contribution in [3.63, 3.8) is 0 Å². The Hall–Kier alpha value is -3.38. The van der Waals surface area contributed by atoms with E-state index in [0.717, 1.165) is 16.7 Å². The fourth-order valence-corrected chi connectivity index (χ4v) is 5.29. The van der Waals surface area contributed by atoms with Crippen LogP contribution in [0.3, 0.4) is 0 Å². The molecule has 0 saturated carbocycles. The minimum atomic E-state index is -0.966. The Morgan fingerprint density at radius 2 is 1.29 bits per heavy atom. The highest BCUT2D eigenvalue weighted by Crippen LogP contribution is 2.37. The van der Waals surface area contributed by atoms with Gasteiger partial charge in [-0.15, -0.1) is 0 Å². The molecule has 1 saturated heterocycles. The molecule has 1 atom stereocenters. The van der Waals surface area contributed by atoms with Gasteiger partial charge in [-0.1, -0.05) is 0 Å². The first-order chi connectivity index (χ1) is 21.1. The number of fused-ring (bicyclic) bond motifs is 1. The molecule has 4 rings (SSSR count). The van der Waals surface area contributed by atoms with Crippen LogP contribution in [0.1, 0.15) is 86.5 Å². The summed E-state index contributed by atoms with van der Waals surface area (Å²) in [6.45, 7) is 11.6. The number of carbonyl (C=O) groups is 3. The molecule has 2 heterocycles. The summed E-state index contributed by atoms with van der Waals surface area (Å²) in [7, 11) is 4.16. The monoisotopic (exact) mass is 626 g/mol. The number of aryl methyl sites for hydroxylation is 2. The van der Waals surface area contributed by atoms with Gasteiger partial charge in [0, 0.05) is 18.4 Å². The zero-order chi connectivity index (χ0) is 33.7. The maximum Gasteiger partial charge on any atom is 0.495 e. The molecule has 2 aliphatic rings. The average molecular weight is 626 g/mol. The van der Waals surface area contributed by atoms with Gasteiger partial charge in [0.25, 0.3) is 0 Å². The molecule has 0 radical (unpaired) electrons. The number of ether oxygens (including phenoxy) is 4. The third-order valence-electron chi connectivity index (χ3n) is 8.49. The lowest BCUT2D eigenvalue weighted by Crippen LogP contribution is -2.41. The van der Waals surface area contributed by atoms with Crippen molar-refractivity contribution in [3.05, 3.63) is 46.5 Å². The highest BCUT2D eigenvalue weighted by molar-refractivity contribution is 6.64. The standard InChI is InChI=1S/C19H27BO6.C13H17BO5/c1-12-10-13(23-6)11-14(17(12)15(21)8-9-16(22)24-7)20-25-18(2,3)19(4,5)26-20;1-8-6-9(17-2)7-10-13(8)11(19-14(10)16)4-5-12(15)18-3/h10-11H,8-9H2,1-7H3;6-7,11,16H,4-5H2,1-3H3. The molecular weight excluding hydrogens is 582 g/mol. The van der Waals surface area contributed by atoms with Gasteiger partial charge >= 0.3 is 26.2 Å². The van der Waals surface area contributed by atoms with Crippen LogP contribution in [0.5, 0.6) is 11.5 Å². The van der Waals surface area contributed by atoms with E-state index in [1.54, 1.807) is 32.4 Å². The van der Waals surface area contributed by atoms with E-state index in [1.807, 2.05) is 47.6 Å². The Morgan fingerprint density at radius 1 is 0.778 bits per heavy atom. The fourth-order valence-electron chi connectivity index (χ4n) is 5.29. The number of hydrogen-bond donors (Lipinski definition) is 1. The second-order valence-corrected chi connectivity index (χ2v) is 12.0. The van der Waals surface area contributed by atoms with Gasteiger partial charge in [0.2, 0.25) is 0 Å². The van der Waals surface area contributed by atoms with Gasteiger partial charge in [-0.05, 0) is 99.8 Å². The quantitative estimate of drug-likeness (QED) is 0.237. The van der Waals surface area contributed by atoms with Gasteiger partial charge in [0.05, 0.1) is 52.2 Å². The van der Waals surface area contributed by atoms with E-state index in [2.05, 4.69) is 9.47 Å². The number of benzene rings is 2. The van der Waals surface area contributed by atoms with Gasteiger partial charge in [-0.25, -0.2) is 0 Å². The maximum atomic E-state index is 12.8. The molecule has 1 fully saturated rings. The van der Waals surface area contributed by atoms with Crippen molar-refractivity contribution in [2.45, 2.75) is 84.5 Å². The van der Waals surface area contributed by atoms with E-state index >= 15 is 0 Å². The zero-order valence-corrected chi connectivity index (χ0v) is 27.9. The number of esters is 2. The third kappa shape index (κ3) is 8.26. The van der Waals surface area contributed by atoms with E-state index in [-0.39, 0.29) is 37.1 Å². The number of methoxy groups -OCH3 is 4. The molecule has 2 aromatic rings. The zero-order valence-electron chi connectivity index (χ0n) is 27.9.